The Hall–Kier alpha value is -3.29. The zero-order valence-electron chi connectivity index (χ0n) is 16.1. The van der Waals surface area contributed by atoms with Crippen molar-refractivity contribution < 1.29 is 22.9 Å². The summed E-state index contributed by atoms with van der Waals surface area (Å²) < 4.78 is 32.0. The predicted octanol–water partition coefficient (Wildman–Crippen LogP) is 3.37. The fraction of sp³-hybridized carbons (Fsp3) is 0.111. The second-order valence-electron chi connectivity index (χ2n) is 6.24. The van der Waals surface area contributed by atoms with Crippen LogP contribution in [0.1, 0.15) is 5.56 Å². The Kier molecular flexibility index (Phi) is 5.24. The van der Waals surface area contributed by atoms with Gasteiger partial charge in [-0.1, -0.05) is 23.5 Å². The number of sulfonamides is 1. The van der Waals surface area contributed by atoms with Crippen LogP contribution in [0.3, 0.4) is 0 Å². The van der Waals surface area contributed by atoms with Gasteiger partial charge in [0.05, 0.1) is 27.5 Å². The summed E-state index contributed by atoms with van der Waals surface area (Å²) in [6.45, 7) is 0. The lowest BCUT2D eigenvalue weighted by atomic mass is 10.1. The van der Waals surface area contributed by atoms with E-state index in [4.69, 9.17) is 4.74 Å². The maximum Gasteiger partial charge on any atom is 0.324 e. The topological polar surface area (TPSA) is 132 Å². The Morgan fingerprint density at radius 2 is 2.00 bits per heavy atom. The molecule has 0 saturated carbocycles. The minimum Gasteiger partial charge on any atom is -0.494 e. The minimum absolute atomic E-state index is 0.0174. The van der Waals surface area contributed by atoms with E-state index >= 15 is 0 Å². The molecule has 0 atom stereocenters. The number of benzene rings is 1. The number of likely N-dealkylation sites (N-methyl/N-ethyl adjacent to an activating group) is 1. The average Bonchev–Trinajstić information content (AvgIpc) is 3.40. The van der Waals surface area contributed by atoms with Gasteiger partial charge in [0, 0.05) is 24.1 Å². The van der Waals surface area contributed by atoms with Crippen molar-refractivity contribution in [2.24, 2.45) is 0 Å². The molecule has 0 unspecified atom stereocenters. The van der Waals surface area contributed by atoms with Gasteiger partial charge in [0.1, 0.15) is 0 Å². The summed E-state index contributed by atoms with van der Waals surface area (Å²) in [6, 6.07) is 9.22. The van der Waals surface area contributed by atoms with Gasteiger partial charge in [-0.2, -0.15) is 0 Å². The molecule has 4 rings (SSSR count). The molecular formula is C18H14N4O6S3. The number of rotatable bonds is 5. The van der Waals surface area contributed by atoms with Gasteiger partial charge in [0.15, 0.2) is 16.6 Å². The van der Waals surface area contributed by atoms with E-state index in [-0.39, 0.29) is 26.5 Å². The van der Waals surface area contributed by atoms with Gasteiger partial charge in [-0.3, -0.25) is 24.5 Å². The van der Waals surface area contributed by atoms with Gasteiger partial charge < -0.3 is 4.74 Å². The Morgan fingerprint density at radius 3 is 2.68 bits per heavy atom. The average molecular weight is 479 g/mol. The lowest BCUT2D eigenvalue weighted by Crippen LogP contribution is -2.37. The highest BCUT2D eigenvalue weighted by atomic mass is 32.2. The molecule has 0 bridgehead atoms. The molecule has 3 heterocycles. The lowest BCUT2D eigenvalue weighted by molar-refractivity contribution is -0.380. The van der Waals surface area contributed by atoms with Crippen LogP contribution in [0, 0.1) is 10.1 Å². The number of nitrogens with one attached hydrogen (secondary N) is 1. The van der Waals surface area contributed by atoms with Gasteiger partial charge in [0.25, 0.3) is 15.9 Å². The normalized spacial score (nSPS) is 14.8. The molecule has 2 aromatic heterocycles. The lowest BCUT2D eigenvalue weighted by Gasteiger charge is -2.29. The van der Waals surface area contributed by atoms with Crippen molar-refractivity contribution in [1.82, 2.24) is 9.29 Å². The van der Waals surface area contributed by atoms with E-state index in [9.17, 15) is 23.3 Å². The minimum atomic E-state index is -3.94. The van der Waals surface area contributed by atoms with Crippen LogP contribution < -0.4 is 5.32 Å². The number of methoxy groups -OCH3 is 1. The smallest absolute Gasteiger partial charge is 0.324 e. The van der Waals surface area contributed by atoms with E-state index in [1.807, 2.05) is 0 Å². The molecule has 1 aliphatic rings. The summed E-state index contributed by atoms with van der Waals surface area (Å²) in [5.74, 6) is -0.591. The molecule has 3 aromatic rings. The fourth-order valence-corrected chi connectivity index (χ4v) is 5.99. The maximum atomic E-state index is 13.0. The molecule has 0 radical (unpaired) electrons. The van der Waals surface area contributed by atoms with Crippen LogP contribution in [0.2, 0.25) is 0 Å². The van der Waals surface area contributed by atoms with E-state index in [1.165, 1.54) is 26.3 Å². The fourth-order valence-electron chi connectivity index (χ4n) is 3.03. The number of thiophene rings is 1. The van der Waals surface area contributed by atoms with Crippen LogP contribution in [-0.4, -0.2) is 42.7 Å². The second kappa shape index (κ2) is 7.76. The number of amides is 1. The van der Waals surface area contributed by atoms with Crippen molar-refractivity contribution in [2.75, 3.05) is 19.5 Å². The molecule has 160 valence electrons. The number of aromatic nitrogens is 1. The summed E-state index contributed by atoms with van der Waals surface area (Å²) in [5, 5.41) is 15.3. The number of carbonyl (C=O) groups is 1. The van der Waals surface area contributed by atoms with Crippen molar-refractivity contribution in [3.05, 3.63) is 63.2 Å². The van der Waals surface area contributed by atoms with Gasteiger partial charge in [0.2, 0.25) is 0 Å². The molecule has 0 aliphatic carbocycles. The van der Waals surface area contributed by atoms with E-state index in [1.54, 1.807) is 29.6 Å². The first kappa shape index (κ1) is 21.0. The molecule has 1 aliphatic heterocycles. The molecule has 13 heteroatoms. The number of thiazole rings is 1. The molecule has 1 aromatic carbocycles. The molecule has 1 N–H and O–H groups in total. The first-order valence-electron chi connectivity index (χ1n) is 8.62. The Morgan fingerprint density at radius 1 is 1.26 bits per heavy atom. The SMILES string of the molecule is COC1=C(C(=O)Nc2nc(-c3ccc([N+](=O)[O-])s3)cs2)N(C)S(=O)(=O)c2ccccc21. The Bertz CT molecular complexity index is 1340. The molecule has 10 nitrogen and oxygen atoms in total. The summed E-state index contributed by atoms with van der Waals surface area (Å²) in [6.07, 6.45) is 0. The third kappa shape index (κ3) is 3.56. The first-order valence-corrected chi connectivity index (χ1v) is 11.8. The number of nitro groups is 1. The summed E-state index contributed by atoms with van der Waals surface area (Å²) in [5.41, 5.74) is 0.581. The van der Waals surface area contributed by atoms with Crippen LogP contribution in [0.5, 0.6) is 0 Å². The summed E-state index contributed by atoms with van der Waals surface area (Å²) >= 11 is 2.08. The second-order valence-corrected chi connectivity index (χ2v) is 10.1. The third-order valence-electron chi connectivity index (χ3n) is 4.47. The standard InChI is InChI=1S/C18H14N4O6S3/c1-21-15(16(28-2)10-5-3-4-6-13(10)31(21,26)27)17(23)20-18-19-11(9-29-18)12-7-8-14(30-12)22(24)25/h3-9H,1-2H3,(H,19,20,23). The van der Waals surface area contributed by atoms with Crippen molar-refractivity contribution in [3.63, 3.8) is 0 Å². The van der Waals surface area contributed by atoms with Crippen LogP contribution in [0.25, 0.3) is 16.3 Å². The number of nitrogens with zero attached hydrogens (tertiary/aromatic N) is 3. The maximum absolute atomic E-state index is 13.0. The number of fused-ring (bicyclic) bond motifs is 1. The van der Waals surface area contributed by atoms with E-state index in [0.29, 0.717) is 16.1 Å². The molecule has 0 saturated heterocycles. The van der Waals surface area contributed by atoms with Crippen molar-refractivity contribution in [3.8, 4) is 10.6 Å². The number of ether oxygens (including phenoxy) is 1. The Balaban J connectivity index is 1.67. The van der Waals surface area contributed by atoms with E-state index in [0.717, 1.165) is 27.0 Å². The van der Waals surface area contributed by atoms with Gasteiger partial charge in [-0.25, -0.2) is 13.4 Å². The monoisotopic (exact) mass is 478 g/mol. The number of hydrogen-bond donors (Lipinski definition) is 1. The van der Waals surface area contributed by atoms with Crippen molar-refractivity contribution in [1.29, 1.82) is 0 Å². The van der Waals surface area contributed by atoms with E-state index in [2.05, 4.69) is 10.3 Å². The molecular weight excluding hydrogens is 464 g/mol. The highest BCUT2D eigenvalue weighted by Crippen LogP contribution is 2.37. The third-order valence-corrected chi connectivity index (χ3v) is 8.10. The number of hydrogen-bond acceptors (Lipinski definition) is 9. The van der Waals surface area contributed by atoms with Crippen LogP contribution in [0.15, 0.2) is 52.4 Å². The van der Waals surface area contributed by atoms with Crippen molar-refractivity contribution >= 4 is 54.5 Å². The predicted molar refractivity (Wildman–Crippen MR) is 116 cm³/mol. The highest BCUT2D eigenvalue weighted by Gasteiger charge is 2.38. The quantitative estimate of drug-likeness (QED) is 0.439. The van der Waals surface area contributed by atoms with Crippen LogP contribution in [0.4, 0.5) is 10.1 Å². The molecule has 1 amide bonds. The zero-order chi connectivity index (χ0) is 22.3. The zero-order valence-corrected chi connectivity index (χ0v) is 18.5. The summed E-state index contributed by atoms with van der Waals surface area (Å²) in [4.78, 5) is 28.3. The van der Waals surface area contributed by atoms with Crippen LogP contribution >= 0.6 is 22.7 Å². The van der Waals surface area contributed by atoms with Gasteiger partial charge in [-0.05, 0) is 18.2 Å². The largest absolute Gasteiger partial charge is 0.494 e. The van der Waals surface area contributed by atoms with Gasteiger partial charge in [-0.15, -0.1) is 11.3 Å². The molecule has 31 heavy (non-hydrogen) atoms. The molecule has 0 spiro atoms. The van der Waals surface area contributed by atoms with E-state index < -0.39 is 20.9 Å². The number of anilines is 1. The highest BCUT2D eigenvalue weighted by molar-refractivity contribution is 7.89. The van der Waals surface area contributed by atoms with Crippen molar-refractivity contribution in [2.45, 2.75) is 4.90 Å². The van der Waals surface area contributed by atoms with Crippen LogP contribution in [-0.2, 0) is 19.6 Å². The first-order chi connectivity index (χ1) is 14.7. The Labute approximate surface area is 184 Å². The van der Waals surface area contributed by atoms with Gasteiger partial charge >= 0.3 is 5.00 Å². The summed E-state index contributed by atoms with van der Waals surface area (Å²) in [7, 11) is -1.31. The number of carbonyl (C=O) groups excluding carboxylic acids is 1. The molecule has 0 fully saturated rings.